The molecule has 102 valence electrons. The van der Waals surface area contributed by atoms with Gasteiger partial charge >= 0.3 is 5.97 Å². The fourth-order valence-electron chi connectivity index (χ4n) is 3.44. The summed E-state index contributed by atoms with van der Waals surface area (Å²) in [5.41, 5.74) is 0. The average Bonchev–Trinajstić information content (AvgIpc) is 2.89. The number of carbonyl (C=O) groups excluding carboxylic acids is 1. The second-order valence-corrected chi connectivity index (χ2v) is 6.10. The highest BCUT2D eigenvalue weighted by atomic mass is 16.5. The van der Waals surface area contributed by atoms with Gasteiger partial charge < -0.3 is 14.8 Å². The normalized spacial score (nSPS) is 41.7. The van der Waals surface area contributed by atoms with E-state index in [1.807, 2.05) is 0 Å². The number of methoxy groups -OCH3 is 1. The van der Waals surface area contributed by atoms with Gasteiger partial charge in [-0.3, -0.25) is 4.79 Å². The Balaban J connectivity index is 1.33. The molecule has 0 aromatic heterocycles. The molecule has 1 N–H and O–H groups in total. The topological polar surface area (TPSA) is 47.6 Å². The van der Waals surface area contributed by atoms with E-state index in [1.165, 1.54) is 25.7 Å². The Labute approximate surface area is 108 Å². The quantitative estimate of drug-likeness (QED) is 0.748. The van der Waals surface area contributed by atoms with Crippen molar-refractivity contribution in [3.05, 3.63) is 0 Å². The van der Waals surface area contributed by atoms with Crippen molar-refractivity contribution in [2.24, 2.45) is 23.7 Å². The van der Waals surface area contributed by atoms with Crippen molar-refractivity contribution < 1.29 is 14.3 Å². The maximum atomic E-state index is 11.8. The van der Waals surface area contributed by atoms with Gasteiger partial charge in [0.05, 0.1) is 12.5 Å². The van der Waals surface area contributed by atoms with Crippen LogP contribution in [-0.4, -0.2) is 38.9 Å². The summed E-state index contributed by atoms with van der Waals surface area (Å²) >= 11 is 0. The third-order valence-electron chi connectivity index (χ3n) is 4.86. The molecule has 4 nitrogen and oxygen atoms in total. The lowest BCUT2D eigenvalue weighted by atomic mass is 9.83. The van der Waals surface area contributed by atoms with Gasteiger partial charge in [0.15, 0.2) is 0 Å². The first-order valence-electron chi connectivity index (χ1n) is 7.18. The van der Waals surface area contributed by atoms with Crippen molar-refractivity contribution in [2.75, 3.05) is 26.9 Å². The maximum absolute atomic E-state index is 11.8. The van der Waals surface area contributed by atoms with Crippen molar-refractivity contribution in [1.29, 1.82) is 0 Å². The minimum atomic E-state index is 0.0361. The molecule has 1 aliphatic heterocycles. The maximum Gasteiger partial charge on any atom is 0.310 e. The van der Waals surface area contributed by atoms with Gasteiger partial charge in [0.1, 0.15) is 0 Å². The largest absolute Gasteiger partial charge is 0.465 e. The second-order valence-electron chi connectivity index (χ2n) is 6.10. The van der Waals surface area contributed by atoms with Gasteiger partial charge in [0.25, 0.3) is 0 Å². The van der Waals surface area contributed by atoms with Gasteiger partial charge in [-0.25, -0.2) is 0 Å². The average molecular weight is 253 g/mol. The summed E-state index contributed by atoms with van der Waals surface area (Å²) in [5, 5.41) is 3.26. The van der Waals surface area contributed by atoms with E-state index in [-0.39, 0.29) is 11.9 Å². The van der Waals surface area contributed by atoms with E-state index >= 15 is 0 Å². The lowest BCUT2D eigenvalue weighted by molar-refractivity contribution is -0.147. The highest BCUT2D eigenvalue weighted by Gasteiger charge is 2.61. The van der Waals surface area contributed by atoms with Crippen LogP contribution in [0, 0.1) is 23.7 Å². The van der Waals surface area contributed by atoms with E-state index in [4.69, 9.17) is 9.47 Å². The van der Waals surface area contributed by atoms with Gasteiger partial charge in [-0.1, -0.05) is 0 Å². The first kappa shape index (κ1) is 12.4. The first-order valence-corrected chi connectivity index (χ1v) is 7.18. The summed E-state index contributed by atoms with van der Waals surface area (Å²) in [4.78, 5) is 11.8. The van der Waals surface area contributed by atoms with Crippen molar-refractivity contribution in [2.45, 2.75) is 31.7 Å². The molecule has 0 spiro atoms. The standard InChI is InChI=1S/C14H23NO3/c1-17-7-9-2-4-10(5-3-9)8-18-14(16)12-11-6-15-13(11)12/h9-13,15H,2-8H2,1H3. The van der Waals surface area contributed by atoms with Crippen molar-refractivity contribution in [3.63, 3.8) is 0 Å². The van der Waals surface area contributed by atoms with E-state index < -0.39 is 0 Å². The molecule has 1 heterocycles. The van der Waals surface area contributed by atoms with Crippen LogP contribution in [0.25, 0.3) is 0 Å². The van der Waals surface area contributed by atoms with Crippen LogP contribution in [0.3, 0.4) is 0 Å². The highest BCUT2D eigenvalue weighted by Crippen LogP contribution is 2.46. The Morgan fingerprint density at radius 2 is 1.78 bits per heavy atom. The van der Waals surface area contributed by atoms with E-state index in [9.17, 15) is 4.79 Å². The molecule has 3 atom stereocenters. The highest BCUT2D eigenvalue weighted by molar-refractivity contribution is 5.78. The molecule has 3 unspecified atom stereocenters. The number of nitrogens with one attached hydrogen (secondary N) is 1. The van der Waals surface area contributed by atoms with Crippen molar-refractivity contribution in [1.82, 2.24) is 5.32 Å². The molecule has 0 amide bonds. The Kier molecular flexibility index (Phi) is 3.57. The second kappa shape index (κ2) is 5.17. The zero-order valence-corrected chi connectivity index (χ0v) is 11.1. The lowest BCUT2D eigenvalue weighted by Crippen LogP contribution is -2.32. The zero-order chi connectivity index (χ0) is 12.5. The van der Waals surface area contributed by atoms with E-state index in [0.717, 1.165) is 13.2 Å². The summed E-state index contributed by atoms with van der Waals surface area (Å²) in [6, 6.07) is 0.454. The molecule has 0 radical (unpaired) electrons. The monoisotopic (exact) mass is 253 g/mol. The molecule has 3 aliphatic rings. The zero-order valence-electron chi connectivity index (χ0n) is 11.1. The Morgan fingerprint density at radius 1 is 1.17 bits per heavy atom. The molecular weight excluding hydrogens is 230 g/mol. The number of rotatable bonds is 5. The van der Waals surface area contributed by atoms with Crippen LogP contribution in [0.15, 0.2) is 0 Å². The lowest BCUT2D eigenvalue weighted by Gasteiger charge is -2.27. The van der Waals surface area contributed by atoms with Crippen molar-refractivity contribution >= 4 is 5.97 Å². The third-order valence-corrected chi connectivity index (χ3v) is 4.86. The molecule has 18 heavy (non-hydrogen) atoms. The van der Waals surface area contributed by atoms with Crippen molar-refractivity contribution in [3.8, 4) is 0 Å². The Hall–Kier alpha value is -0.610. The molecule has 4 heteroatoms. The predicted molar refractivity (Wildman–Crippen MR) is 67.1 cm³/mol. The predicted octanol–water partition coefficient (Wildman–Crippen LogP) is 1.20. The number of fused-ring (bicyclic) bond motifs is 1. The molecule has 1 saturated heterocycles. The molecule has 0 aromatic rings. The summed E-state index contributed by atoms with van der Waals surface area (Å²) in [5.74, 6) is 2.09. The van der Waals surface area contributed by atoms with E-state index in [2.05, 4.69) is 5.32 Å². The molecular formula is C14H23NO3. The summed E-state index contributed by atoms with van der Waals surface area (Å²) in [7, 11) is 1.77. The number of carbonyl (C=O) groups is 1. The Morgan fingerprint density at radius 3 is 2.28 bits per heavy atom. The Bertz CT molecular complexity index is 302. The number of hydrogen-bond acceptors (Lipinski definition) is 4. The van der Waals surface area contributed by atoms with Crippen LogP contribution >= 0.6 is 0 Å². The van der Waals surface area contributed by atoms with E-state index in [0.29, 0.717) is 30.4 Å². The summed E-state index contributed by atoms with van der Waals surface area (Å²) < 4.78 is 10.7. The summed E-state index contributed by atoms with van der Waals surface area (Å²) in [6.07, 6.45) is 4.78. The minimum Gasteiger partial charge on any atom is -0.465 e. The number of hydrogen-bond donors (Lipinski definition) is 1. The van der Waals surface area contributed by atoms with Crippen LogP contribution < -0.4 is 5.32 Å². The third kappa shape index (κ3) is 2.41. The smallest absolute Gasteiger partial charge is 0.310 e. The molecule has 0 aromatic carbocycles. The molecule has 3 rings (SSSR count). The molecule has 3 fully saturated rings. The van der Waals surface area contributed by atoms with Gasteiger partial charge in [-0.05, 0) is 37.5 Å². The fraction of sp³-hybridized carbons (Fsp3) is 0.929. The number of esters is 1. The van der Waals surface area contributed by atoms with Gasteiger partial charge in [-0.2, -0.15) is 0 Å². The first-order chi connectivity index (χ1) is 8.79. The van der Waals surface area contributed by atoms with Gasteiger partial charge in [0.2, 0.25) is 0 Å². The van der Waals surface area contributed by atoms with Crippen LogP contribution in [0.2, 0.25) is 0 Å². The number of ether oxygens (including phenoxy) is 2. The van der Waals surface area contributed by atoms with Crippen LogP contribution in [-0.2, 0) is 14.3 Å². The van der Waals surface area contributed by atoms with Crippen LogP contribution in [0.1, 0.15) is 25.7 Å². The fourth-order valence-corrected chi connectivity index (χ4v) is 3.44. The van der Waals surface area contributed by atoms with Gasteiger partial charge in [-0.15, -0.1) is 0 Å². The minimum absolute atomic E-state index is 0.0361. The van der Waals surface area contributed by atoms with E-state index in [1.54, 1.807) is 7.11 Å². The van der Waals surface area contributed by atoms with Gasteiger partial charge in [0, 0.05) is 32.2 Å². The van der Waals surface area contributed by atoms with Crippen LogP contribution in [0.4, 0.5) is 0 Å². The molecule has 0 bridgehead atoms. The SMILES string of the molecule is COCC1CCC(COC(=O)C2C3CNC32)CC1. The molecule has 2 aliphatic carbocycles. The van der Waals surface area contributed by atoms with Crippen LogP contribution in [0.5, 0.6) is 0 Å². The molecule has 2 saturated carbocycles. The summed E-state index contributed by atoms with van der Waals surface area (Å²) in [6.45, 7) is 2.52.